The van der Waals surface area contributed by atoms with Gasteiger partial charge in [0.2, 0.25) is 11.8 Å². The van der Waals surface area contributed by atoms with Gasteiger partial charge in [-0.2, -0.15) is 10.5 Å². The van der Waals surface area contributed by atoms with Crippen molar-refractivity contribution in [2.75, 3.05) is 13.1 Å². The molecule has 206 valence electrons. The molecule has 2 aromatic carbocycles. The molecule has 11 nitrogen and oxygen atoms in total. The van der Waals surface area contributed by atoms with Gasteiger partial charge in [-0.25, -0.2) is 0 Å². The lowest BCUT2D eigenvalue weighted by molar-refractivity contribution is 0.0991. The molecule has 6 N–H and O–H groups in total. The summed E-state index contributed by atoms with van der Waals surface area (Å²) in [7, 11) is 0. The number of tetrazole rings is 1. The summed E-state index contributed by atoms with van der Waals surface area (Å²) in [5.74, 6) is -0.645. The fraction of sp³-hybridized carbons (Fsp3) is 0.379. The average Bonchev–Trinajstić information content (AvgIpc) is 3.63. The number of fused-ring (bicyclic) bond motifs is 3. The molecule has 1 unspecified atom stereocenters. The van der Waals surface area contributed by atoms with Crippen LogP contribution in [0.3, 0.4) is 0 Å². The van der Waals surface area contributed by atoms with Gasteiger partial charge in [-0.15, -0.1) is 10.2 Å². The van der Waals surface area contributed by atoms with Gasteiger partial charge in [-0.3, -0.25) is 9.59 Å². The van der Waals surface area contributed by atoms with Crippen molar-refractivity contribution in [3.8, 4) is 17.2 Å². The van der Waals surface area contributed by atoms with Gasteiger partial charge < -0.3 is 21.7 Å². The molecular formula is C29H33N9O2. The maximum Gasteiger partial charge on any atom is 0.248 e. The number of primary amides is 2. The largest absolute Gasteiger partial charge is 0.366 e. The Hall–Kier alpha value is -4.56. The SMILES string of the molecule is C=C(CN[C@H](C)CC1(c2nn[nH]n2)c2ccc(C(N)=O)cc2-c2cc(C(N)=O)ccc21)N1CC(C)(C)CC1C#N. The number of nitriles is 1. The smallest absolute Gasteiger partial charge is 0.248 e. The molecule has 1 aliphatic carbocycles. The van der Waals surface area contributed by atoms with E-state index in [0.29, 0.717) is 29.9 Å². The highest BCUT2D eigenvalue weighted by Crippen LogP contribution is 2.54. The third-order valence-electron chi connectivity index (χ3n) is 8.09. The highest BCUT2D eigenvalue weighted by atomic mass is 16.1. The predicted molar refractivity (Wildman–Crippen MR) is 149 cm³/mol. The third kappa shape index (κ3) is 4.50. The quantitative estimate of drug-likeness (QED) is 0.319. The van der Waals surface area contributed by atoms with Crippen LogP contribution in [0, 0.1) is 16.7 Å². The maximum atomic E-state index is 12.1. The first-order valence-corrected chi connectivity index (χ1v) is 13.2. The molecule has 2 atom stereocenters. The van der Waals surface area contributed by atoms with E-state index in [1.807, 2.05) is 12.1 Å². The topological polar surface area (TPSA) is 180 Å². The van der Waals surface area contributed by atoms with Crippen molar-refractivity contribution in [1.82, 2.24) is 30.8 Å². The number of nitrogens with zero attached hydrogens (tertiary/aromatic N) is 5. The van der Waals surface area contributed by atoms with Crippen LogP contribution in [-0.4, -0.2) is 62.5 Å². The average molecular weight is 540 g/mol. The predicted octanol–water partition coefficient (Wildman–Crippen LogP) is 2.22. The van der Waals surface area contributed by atoms with E-state index in [4.69, 9.17) is 11.5 Å². The van der Waals surface area contributed by atoms with E-state index >= 15 is 0 Å². The minimum Gasteiger partial charge on any atom is -0.366 e. The molecule has 2 aliphatic rings. The van der Waals surface area contributed by atoms with Crippen LogP contribution in [0.5, 0.6) is 0 Å². The van der Waals surface area contributed by atoms with Crippen molar-refractivity contribution in [2.45, 2.75) is 51.1 Å². The fourth-order valence-electron chi connectivity index (χ4n) is 6.27. The number of likely N-dealkylation sites (tertiary alicyclic amines) is 1. The molecule has 1 fully saturated rings. The number of aromatic amines is 1. The van der Waals surface area contributed by atoms with E-state index in [1.54, 1.807) is 24.3 Å². The normalized spacial score (nSPS) is 18.9. The number of rotatable bonds is 9. The summed E-state index contributed by atoms with van der Waals surface area (Å²) in [4.78, 5) is 26.2. The number of carbonyl (C=O) groups is 2. The Bertz CT molecular complexity index is 1470. The Labute approximate surface area is 232 Å². The van der Waals surface area contributed by atoms with Gasteiger partial charge in [0.05, 0.1) is 11.5 Å². The summed E-state index contributed by atoms with van der Waals surface area (Å²) in [6.07, 6.45) is 1.33. The molecule has 2 heterocycles. The minimum atomic E-state index is -0.845. The molecule has 0 bridgehead atoms. The zero-order valence-electron chi connectivity index (χ0n) is 22.9. The maximum absolute atomic E-state index is 12.1. The molecule has 0 saturated carbocycles. The number of hydrogen-bond donors (Lipinski definition) is 4. The molecule has 0 radical (unpaired) electrons. The first-order chi connectivity index (χ1) is 19.0. The molecule has 40 heavy (non-hydrogen) atoms. The highest BCUT2D eigenvalue weighted by molar-refractivity contribution is 5.98. The van der Waals surface area contributed by atoms with Crippen molar-refractivity contribution in [2.24, 2.45) is 16.9 Å². The monoisotopic (exact) mass is 539 g/mol. The Morgan fingerprint density at radius 1 is 1.18 bits per heavy atom. The van der Waals surface area contributed by atoms with E-state index in [9.17, 15) is 14.9 Å². The van der Waals surface area contributed by atoms with Gasteiger partial charge >= 0.3 is 0 Å². The van der Waals surface area contributed by atoms with Crippen LogP contribution in [-0.2, 0) is 5.41 Å². The summed E-state index contributed by atoms with van der Waals surface area (Å²) >= 11 is 0. The van der Waals surface area contributed by atoms with E-state index in [0.717, 1.165) is 40.9 Å². The van der Waals surface area contributed by atoms with Crippen LogP contribution in [0.1, 0.15) is 71.3 Å². The van der Waals surface area contributed by atoms with Gasteiger partial charge in [0, 0.05) is 36.0 Å². The molecular weight excluding hydrogens is 506 g/mol. The number of nitrogens with two attached hydrogens (primary N) is 2. The number of benzene rings is 2. The van der Waals surface area contributed by atoms with E-state index in [-0.39, 0.29) is 17.5 Å². The number of hydrogen-bond acceptors (Lipinski definition) is 8. The van der Waals surface area contributed by atoms with Crippen LogP contribution < -0.4 is 16.8 Å². The number of nitrogens with one attached hydrogen (secondary N) is 2. The number of amides is 2. The molecule has 1 saturated heterocycles. The fourth-order valence-corrected chi connectivity index (χ4v) is 6.27. The van der Waals surface area contributed by atoms with Crippen molar-refractivity contribution < 1.29 is 9.59 Å². The Balaban J connectivity index is 1.52. The Kier molecular flexibility index (Phi) is 6.67. The zero-order chi connectivity index (χ0) is 28.8. The lowest BCUT2D eigenvalue weighted by atomic mass is 9.72. The van der Waals surface area contributed by atoms with E-state index in [2.05, 4.69) is 64.3 Å². The molecule has 3 aromatic rings. The van der Waals surface area contributed by atoms with Crippen molar-refractivity contribution in [3.05, 3.63) is 76.8 Å². The zero-order valence-corrected chi connectivity index (χ0v) is 22.9. The Morgan fingerprint density at radius 2 is 1.77 bits per heavy atom. The van der Waals surface area contributed by atoms with E-state index in [1.165, 1.54) is 0 Å². The summed E-state index contributed by atoms with van der Waals surface area (Å²) in [6.45, 7) is 12.0. The second kappa shape index (κ2) is 9.88. The second-order valence-electron chi connectivity index (χ2n) is 11.6. The standard InChI is InChI=1S/C29H33N9O2/c1-16(33-14-17(2)38-15-28(3,4)12-20(38)13-30)11-29(27-34-36-37-35-27)23-7-5-18(25(31)39)9-21(23)22-10-19(26(32)40)6-8-24(22)29/h5-10,16,20,33H,2,11-12,14-15H2,1,3-4H3,(H2,31,39)(H2,32,40)(H,34,35,36,37)/t16-,20?/m1/s1. The summed E-state index contributed by atoms with van der Waals surface area (Å²) in [6, 6.07) is 12.7. The molecule has 5 rings (SSSR count). The lowest BCUT2D eigenvalue weighted by Crippen LogP contribution is -2.41. The summed E-state index contributed by atoms with van der Waals surface area (Å²) < 4.78 is 0. The molecule has 11 heteroatoms. The first-order valence-electron chi connectivity index (χ1n) is 13.2. The Morgan fingerprint density at radius 3 is 2.27 bits per heavy atom. The van der Waals surface area contributed by atoms with Gasteiger partial charge in [0.1, 0.15) is 6.04 Å². The lowest BCUT2D eigenvalue weighted by Gasteiger charge is -2.33. The van der Waals surface area contributed by atoms with Crippen LogP contribution in [0.15, 0.2) is 48.7 Å². The third-order valence-corrected chi connectivity index (χ3v) is 8.09. The van der Waals surface area contributed by atoms with Crippen LogP contribution in [0.25, 0.3) is 11.1 Å². The van der Waals surface area contributed by atoms with Gasteiger partial charge in [-0.1, -0.05) is 37.8 Å². The van der Waals surface area contributed by atoms with Crippen molar-refractivity contribution in [3.63, 3.8) is 0 Å². The molecule has 1 aromatic heterocycles. The minimum absolute atomic E-state index is 0.0441. The van der Waals surface area contributed by atoms with Gasteiger partial charge in [0.15, 0.2) is 5.82 Å². The molecule has 1 aliphatic heterocycles. The van der Waals surface area contributed by atoms with Crippen LogP contribution >= 0.6 is 0 Å². The van der Waals surface area contributed by atoms with Crippen LogP contribution in [0.2, 0.25) is 0 Å². The number of aromatic nitrogens is 4. The molecule has 0 spiro atoms. The van der Waals surface area contributed by atoms with Gasteiger partial charge in [-0.05, 0) is 71.7 Å². The summed E-state index contributed by atoms with van der Waals surface area (Å²) in [5, 5.41) is 28.5. The molecule has 2 amide bonds. The number of carbonyl (C=O) groups excluding carboxylic acids is 2. The second-order valence-corrected chi connectivity index (χ2v) is 11.6. The number of H-pyrrole nitrogens is 1. The highest BCUT2D eigenvalue weighted by Gasteiger charge is 2.49. The van der Waals surface area contributed by atoms with Crippen molar-refractivity contribution in [1.29, 1.82) is 5.26 Å². The van der Waals surface area contributed by atoms with E-state index < -0.39 is 17.2 Å². The summed E-state index contributed by atoms with van der Waals surface area (Å²) in [5.41, 5.74) is 15.2. The van der Waals surface area contributed by atoms with Crippen LogP contribution in [0.4, 0.5) is 0 Å². The van der Waals surface area contributed by atoms with Gasteiger partial charge in [0.25, 0.3) is 0 Å². The van der Waals surface area contributed by atoms with Crippen molar-refractivity contribution >= 4 is 11.8 Å². The first kappa shape index (κ1) is 27.0.